The minimum atomic E-state index is -0.611. The van der Waals surface area contributed by atoms with Crippen molar-refractivity contribution in [1.29, 1.82) is 0 Å². The van der Waals surface area contributed by atoms with E-state index in [-0.39, 0.29) is 11.7 Å². The van der Waals surface area contributed by atoms with Crippen LogP contribution in [0, 0.1) is 10.8 Å². The second-order valence-electron chi connectivity index (χ2n) is 7.26. The maximum absolute atomic E-state index is 13.2. The maximum Gasteiger partial charge on any atom is 0.362 e. The summed E-state index contributed by atoms with van der Waals surface area (Å²) in [6.07, 6.45) is 9.50. The topological polar surface area (TPSA) is 56.0 Å². The number of hydrogen-bond acceptors (Lipinski definition) is 5. The molecular weight excluding hydrogens is 340 g/mol. The summed E-state index contributed by atoms with van der Waals surface area (Å²) in [6, 6.07) is 9.56. The SMILES string of the molecule is CCCCC1C(=O)C(CCc2ccccc2)C2=C(N3CC=CN3C=N2)[N+]1=O. The van der Waals surface area contributed by atoms with Gasteiger partial charge in [-0.1, -0.05) is 48.6 Å². The predicted molar refractivity (Wildman–Crippen MR) is 103 cm³/mol. The van der Waals surface area contributed by atoms with Crippen LogP contribution in [0.3, 0.4) is 0 Å². The number of carbonyl (C=O) groups excluding carboxylic acids is 1. The Morgan fingerprint density at radius 2 is 2.04 bits per heavy atom. The number of hydrogen-bond donors (Lipinski definition) is 0. The van der Waals surface area contributed by atoms with Gasteiger partial charge < -0.3 is 0 Å². The third-order valence-electron chi connectivity index (χ3n) is 5.49. The van der Waals surface area contributed by atoms with Crippen LogP contribution in [0.25, 0.3) is 0 Å². The molecule has 4 rings (SSSR count). The van der Waals surface area contributed by atoms with Crippen LogP contribution in [0.15, 0.2) is 59.1 Å². The molecule has 0 fully saturated rings. The molecule has 0 radical (unpaired) electrons. The molecule has 0 spiro atoms. The third kappa shape index (κ3) is 3.20. The van der Waals surface area contributed by atoms with Gasteiger partial charge in [-0.15, -0.1) is 5.01 Å². The van der Waals surface area contributed by atoms with Crippen molar-refractivity contribution in [3.63, 3.8) is 0 Å². The minimum absolute atomic E-state index is 0.0193. The number of nitrogens with zero attached hydrogens (tertiary/aromatic N) is 4. The van der Waals surface area contributed by atoms with Gasteiger partial charge in [-0.05, 0) is 42.1 Å². The Morgan fingerprint density at radius 1 is 1.22 bits per heavy atom. The number of benzene rings is 1. The van der Waals surface area contributed by atoms with E-state index in [0.717, 1.165) is 24.0 Å². The van der Waals surface area contributed by atoms with E-state index in [1.165, 1.54) is 5.56 Å². The van der Waals surface area contributed by atoms with Gasteiger partial charge in [-0.2, -0.15) is 5.01 Å². The van der Waals surface area contributed by atoms with E-state index in [1.54, 1.807) is 6.34 Å². The summed E-state index contributed by atoms with van der Waals surface area (Å²) in [5, 5.41) is 3.74. The van der Waals surface area contributed by atoms with Crippen molar-refractivity contribution in [3.05, 3.63) is 64.6 Å². The first kappa shape index (κ1) is 17.6. The summed E-state index contributed by atoms with van der Waals surface area (Å²) < 4.78 is 0.919. The van der Waals surface area contributed by atoms with Gasteiger partial charge in [0.15, 0.2) is 5.78 Å². The summed E-state index contributed by atoms with van der Waals surface area (Å²) in [5.41, 5.74) is 1.82. The number of hydrazine groups is 1. The van der Waals surface area contributed by atoms with Crippen molar-refractivity contribution in [1.82, 2.24) is 10.0 Å². The van der Waals surface area contributed by atoms with E-state index in [2.05, 4.69) is 24.0 Å². The molecule has 3 aliphatic heterocycles. The van der Waals surface area contributed by atoms with E-state index in [9.17, 15) is 9.70 Å². The molecule has 2 unspecified atom stereocenters. The van der Waals surface area contributed by atoms with Gasteiger partial charge in [0.05, 0.1) is 5.92 Å². The van der Waals surface area contributed by atoms with Crippen molar-refractivity contribution in [2.75, 3.05) is 6.54 Å². The summed E-state index contributed by atoms with van der Waals surface area (Å²) in [4.78, 5) is 30.8. The molecule has 0 saturated heterocycles. The van der Waals surface area contributed by atoms with Gasteiger partial charge >= 0.3 is 5.82 Å². The van der Waals surface area contributed by atoms with Crippen LogP contribution < -0.4 is 0 Å². The first-order valence-corrected chi connectivity index (χ1v) is 9.75. The number of ketones is 1. The Labute approximate surface area is 159 Å². The van der Waals surface area contributed by atoms with E-state index in [4.69, 9.17) is 0 Å². The molecule has 1 aromatic rings. The van der Waals surface area contributed by atoms with Crippen molar-refractivity contribution in [2.45, 2.75) is 45.1 Å². The zero-order valence-electron chi connectivity index (χ0n) is 15.6. The molecule has 0 amide bonds. The Hall–Kier alpha value is -2.76. The van der Waals surface area contributed by atoms with Crippen LogP contribution in [-0.4, -0.2) is 39.5 Å². The second kappa shape index (κ2) is 7.47. The van der Waals surface area contributed by atoms with Gasteiger partial charge in [0.25, 0.3) is 0 Å². The number of rotatable bonds is 6. The molecule has 6 nitrogen and oxygen atoms in total. The van der Waals surface area contributed by atoms with Gasteiger partial charge in [0.1, 0.15) is 18.6 Å². The van der Waals surface area contributed by atoms with Gasteiger partial charge in [-0.3, -0.25) is 4.79 Å². The highest BCUT2D eigenvalue weighted by atomic mass is 16.3. The molecule has 0 aromatic heterocycles. The zero-order valence-corrected chi connectivity index (χ0v) is 15.6. The molecule has 140 valence electrons. The highest BCUT2D eigenvalue weighted by molar-refractivity contribution is 5.89. The fourth-order valence-electron chi connectivity index (χ4n) is 4.03. The number of nitroso groups, excluding NO2 is 1. The number of carbonyl (C=O) groups is 1. The normalized spacial score (nSPS) is 23.9. The van der Waals surface area contributed by atoms with Crippen LogP contribution >= 0.6 is 0 Å². The zero-order chi connectivity index (χ0) is 18.8. The number of Topliss-reactive ketones (excluding diaryl/α,β-unsaturated/α-hetero) is 1. The van der Waals surface area contributed by atoms with E-state index >= 15 is 0 Å². The predicted octanol–water partition coefficient (Wildman–Crippen LogP) is 3.41. The maximum atomic E-state index is 13.2. The van der Waals surface area contributed by atoms with Crippen molar-refractivity contribution >= 4 is 12.1 Å². The molecule has 0 aliphatic carbocycles. The average molecular weight is 365 g/mol. The van der Waals surface area contributed by atoms with E-state index in [0.29, 0.717) is 30.9 Å². The monoisotopic (exact) mass is 365 g/mol. The highest BCUT2D eigenvalue weighted by Crippen LogP contribution is 2.37. The van der Waals surface area contributed by atoms with Gasteiger partial charge in [-0.25, -0.2) is 4.99 Å². The second-order valence-corrected chi connectivity index (χ2v) is 7.26. The van der Waals surface area contributed by atoms with Crippen LogP contribution in [0.1, 0.15) is 38.2 Å². The lowest BCUT2D eigenvalue weighted by Crippen LogP contribution is -2.51. The molecule has 3 heterocycles. The fourth-order valence-corrected chi connectivity index (χ4v) is 4.03. The average Bonchev–Trinajstić information content (AvgIpc) is 3.17. The quantitative estimate of drug-likeness (QED) is 0.725. The third-order valence-corrected chi connectivity index (χ3v) is 5.49. The molecule has 6 heteroatoms. The van der Waals surface area contributed by atoms with Crippen molar-refractivity contribution < 1.29 is 9.55 Å². The number of fused-ring (bicyclic) bond motifs is 2. The number of unbranched alkanes of at least 4 members (excludes halogenated alkanes) is 1. The smallest absolute Gasteiger partial charge is 0.294 e. The lowest BCUT2D eigenvalue weighted by atomic mass is 9.84. The van der Waals surface area contributed by atoms with Crippen molar-refractivity contribution in [3.8, 4) is 0 Å². The number of aliphatic imine (C=N–C) groups is 1. The first-order chi connectivity index (χ1) is 13.2. The summed E-state index contributed by atoms with van der Waals surface area (Å²) >= 11 is 0. The van der Waals surface area contributed by atoms with Crippen LogP contribution in [-0.2, 0) is 11.2 Å². The molecule has 0 saturated carbocycles. The Kier molecular flexibility index (Phi) is 4.88. The Morgan fingerprint density at radius 3 is 2.81 bits per heavy atom. The molecule has 2 atom stereocenters. The Balaban J connectivity index is 1.65. The van der Waals surface area contributed by atoms with Gasteiger partial charge in [0.2, 0.25) is 6.04 Å². The molecule has 0 N–H and O–H groups in total. The minimum Gasteiger partial charge on any atom is -0.294 e. The number of allylic oxidation sites excluding steroid dienone is 1. The number of aryl methyl sites for hydroxylation is 1. The lowest BCUT2D eigenvalue weighted by Gasteiger charge is -2.32. The van der Waals surface area contributed by atoms with Crippen molar-refractivity contribution in [2.24, 2.45) is 10.9 Å². The molecular formula is C21H25N4O2+. The highest BCUT2D eigenvalue weighted by Gasteiger charge is 2.51. The van der Waals surface area contributed by atoms with Crippen LogP contribution in [0.4, 0.5) is 0 Å². The molecule has 0 bridgehead atoms. The lowest BCUT2D eigenvalue weighted by molar-refractivity contribution is -0.551. The van der Waals surface area contributed by atoms with E-state index < -0.39 is 6.04 Å². The molecule has 1 aromatic carbocycles. The Bertz CT molecular complexity index is 828. The van der Waals surface area contributed by atoms with E-state index in [1.807, 2.05) is 40.5 Å². The summed E-state index contributed by atoms with van der Waals surface area (Å²) in [6.45, 7) is 2.71. The van der Waals surface area contributed by atoms with Crippen LogP contribution in [0.5, 0.6) is 0 Å². The molecule has 27 heavy (non-hydrogen) atoms. The summed E-state index contributed by atoms with van der Waals surface area (Å²) in [5.74, 6) is 0.235. The first-order valence-electron chi connectivity index (χ1n) is 9.75. The molecule has 3 aliphatic rings. The van der Waals surface area contributed by atoms with Crippen LogP contribution in [0.2, 0.25) is 0 Å². The largest absolute Gasteiger partial charge is 0.362 e. The fraction of sp³-hybridized carbons (Fsp3) is 0.429. The summed E-state index contributed by atoms with van der Waals surface area (Å²) in [7, 11) is 0. The standard InChI is InChI=1S/C21H25N4O2/c1-2-3-10-18-20(26)17(12-11-16-8-5-4-6-9-16)19-21(25(18)27)24-14-7-13-23(24)15-22-19/h4-9,13,15,17-18H,2-3,10-12,14H2,1H3/q+1. The van der Waals surface area contributed by atoms with Gasteiger partial charge in [0, 0.05) is 6.20 Å².